The second-order valence-corrected chi connectivity index (χ2v) is 9.57. The first kappa shape index (κ1) is 23.3. The van der Waals surface area contributed by atoms with Gasteiger partial charge in [-0.15, -0.1) is 11.3 Å². The van der Waals surface area contributed by atoms with Gasteiger partial charge in [-0.25, -0.2) is 0 Å². The monoisotopic (exact) mass is 465 g/mol. The predicted molar refractivity (Wildman–Crippen MR) is 134 cm³/mol. The molecule has 1 fully saturated rings. The average Bonchev–Trinajstić information content (AvgIpc) is 3.27. The largest absolute Gasteiger partial charge is 0.493 e. The number of amides is 1. The SMILES string of the molecule is CCc1cc(C(c2ccc(OC)c(OC)c2)[NH+]2CCCCC2)c(NC(=O)c2ccccc2)s1. The highest BCUT2D eigenvalue weighted by molar-refractivity contribution is 7.16. The molecule has 4 rings (SSSR count). The van der Waals surface area contributed by atoms with Crippen molar-refractivity contribution in [3.63, 3.8) is 0 Å². The van der Waals surface area contributed by atoms with Gasteiger partial charge in [0.2, 0.25) is 0 Å². The number of thiophene rings is 1. The van der Waals surface area contributed by atoms with Gasteiger partial charge in [-0.2, -0.15) is 0 Å². The van der Waals surface area contributed by atoms with Gasteiger partial charge in [-0.1, -0.05) is 25.1 Å². The summed E-state index contributed by atoms with van der Waals surface area (Å²) in [7, 11) is 3.34. The summed E-state index contributed by atoms with van der Waals surface area (Å²) in [6, 6.07) is 18.0. The maximum absolute atomic E-state index is 13.0. The minimum absolute atomic E-state index is 0.0685. The molecule has 2 N–H and O–H groups in total. The van der Waals surface area contributed by atoms with Crippen LogP contribution in [-0.4, -0.2) is 33.2 Å². The lowest BCUT2D eigenvalue weighted by Gasteiger charge is -2.32. The number of nitrogens with one attached hydrogen (secondary N) is 2. The van der Waals surface area contributed by atoms with Gasteiger partial charge < -0.3 is 19.7 Å². The summed E-state index contributed by atoms with van der Waals surface area (Å²) in [5.74, 6) is 1.39. The van der Waals surface area contributed by atoms with Gasteiger partial charge in [0, 0.05) is 21.6 Å². The van der Waals surface area contributed by atoms with Crippen LogP contribution < -0.4 is 19.7 Å². The Morgan fingerprint density at radius 3 is 2.39 bits per heavy atom. The number of anilines is 1. The maximum atomic E-state index is 13.0. The van der Waals surface area contributed by atoms with Crippen molar-refractivity contribution in [1.29, 1.82) is 0 Å². The lowest BCUT2D eigenvalue weighted by atomic mass is 9.95. The summed E-state index contributed by atoms with van der Waals surface area (Å²) in [6.45, 7) is 4.39. The number of ether oxygens (including phenoxy) is 2. The highest BCUT2D eigenvalue weighted by atomic mass is 32.1. The smallest absolute Gasteiger partial charge is 0.256 e. The van der Waals surface area contributed by atoms with Gasteiger partial charge in [0.15, 0.2) is 11.5 Å². The molecule has 0 radical (unpaired) electrons. The van der Waals surface area contributed by atoms with Crippen molar-refractivity contribution < 1.29 is 19.2 Å². The molecular formula is C27H33N2O3S+. The molecule has 2 heterocycles. The van der Waals surface area contributed by atoms with Crippen LogP contribution in [0.4, 0.5) is 5.00 Å². The van der Waals surface area contributed by atoms with E-state index in [0.717, 1.165) is 36.0 Å². The fourth-order valence-corrected chi connectivity index (χ4v) is 5.70. The summed E-state index contributed by atoms with van der Waals surface area (Å²) in [6.07, 6.45) is 4.65. The molecule has 2 aromatic carbocycles. The Labute approximate surface area is 200 Å². The zero-order valence-corrected chi connectivity index (χ0v) is 20.5. The number of rotatable bonds is 8. The fraction of sp³-hybridized carbons (Fsp3) is 0.370. The zero-order valence-electron chi connectivity index (χ0n) is 19.6. The van der Waals surface area contributed by atoms with Crippen LogP contribution in [0.3, 0.4) is 0 Å². The quantitative estimate of drug-likeness (QED) is 0.505. The first-order valence-electron chi connectivity index (χ1n) is 11.7. The molecule has 0 aliphatic carbocycles. The molecule has 1 atom stereocenters. The van der Waals surface area contributed by atoms with E-state index in [-0.39, 0.29) is 11.9 Å². The standard InChI is InChI=1S/C27H32N2O3S/c1-4-21-18-22(27(33-21)28-26(30)19-11-7-5-8-12-19)25(29-15-9-6-10-16-29)20-13-14-23(31-2)24(17-20)32-3/h5,7-8,11-14,17-18,25H,4,6,9-10,15-16H2,1-3H3,(H,28,30)/p+1. The van der Waals surface area contributed by atoms with E-state index in [1.165, 1.54) is 40.2 Å². The van der Waals surface area contributed by atoms with Crippen LogP contribution >= 0.6 is 11.3 Å². The van der Waals surface area contributed by atoms with E-state index in [4.69, 9.17) is 9.47 Å². The van der Waals surface area contributed by atoms with Crippen molar-refractivity contribution in [3.05, 3.63) is 76.2 Å². The zero-order chi connectivity index (χ0) is 23.2. The number of hydrogen-bond donors (Lipinski definition) is 2. The molecule has 3 aromatic rings. The molecule has 5 nitrogen and oxygen atoms in total. The molecule has 1 saturated heterocycles. The molecular weight excluding hydrogens is 432 g/mol. The molecule has 1 unspecified atom stereocenters. The summed E-state index contributed by atoms with van der Waals surface area (Å²) >= 11 is 1.69. The van der Waals surface area contributed by atoms with Gasteiger partial charge in [-0.05, 0) is 62.1 Å². The van der Waals surface area contributed by atoms with Crippen LogP contribution in [0.15, 0.2) is 54.6 Å². The molecule has 174 valence electrons. The Kier molecular flexibility index (Phi) is 7.68. The summed E-state index contributed by atoms with van der Waals surface area (Å²) < 4.78 is 11.1. The number of hydrogen-bond acceptors (Lipinski definition) is 4. The molecule has 1 aliphatic heterocycles. The van der Waals surface area contributed by atoms with Crippen LogP contribution in [0.2, 0.25) is 0 Å². The van der Waals surface area contributed by atoms with Crippen molar-refractivity contribution in [3.8, 4) is 11.5 Å². The Hall–Kier alpha value is -2.83. The molecule has 0 bridgehead atoms. The minimum atomic E-state index is -0.0685. The van der Waals surface area contributed by atoms with Crippen molar-refractivity contribution in [2.75, 3.05) is 32.6 Å². The van der Waals surface area contributed by atoms with Crippen LogP contribution in [-0.2, 0) is 6.42 Å². The van der Waals surface area contributed by atoms with Gasteiger partial charge >= 0.3 is 0 Å². The topological polar surface area (TPSA) is 52.0 Å². The molecule has 1 aliphatic rings. The lowest BCUT2D eigenvalue weighted by Crippen LogP contribution is -3.13. The van der Waals surface area contributed by atoms with Crippen molar-refractivity contribution in [1.82, 2.24) is 0 Å². The van der Waals surface area contributed by atoms with E-state index < -0.39 is 0 Å². The van der Waals surface area contributed by atoms with E-state index in [0.29, 0.717) is 5.56 Å². The van der Waals surface area contributed by atoms with Gasteiger partial charge in [0.05, 0.1) is 27.3 Å². The van der Waals surface area contributed by atoms with Crippen LogP contribution in [0, 0.1) is 0 Å². The molecule has 0 spiro atoms. The highest BCUT2D eigenvalue weighted by Crippen LogP contribution is 2.38. The number of carbonyl (C=O) groups is 1. The molecule has 1 amide bonds. The van der Waals surface area contributed by atoms with Gasteiger partial charge in [0.25, 0.3) is 5.91 Å². The van der Waals surface area contributed by atoms with Crippen molar-refractivity contribution >= 4 is 22.2 Å². The van der Waals surface area contributed by atoms with E-state index in [2.05, 4.69) is 30.4 Å². The third-order valence-electron chi connectivity index (χ3n) is 6.38. The first-order valence-corrected chi connectivity index (χ1v) is 12.5. The number of quaternary nitrogens is 1. The fourth-order valence-electron chi connectivity index (χ4n) is 4.67. The number of likely N-dealkylation sites (tertiary alicyclic amines) is 1. The van der Waals surface area contributed by atoms with E-state index in [9.17, 15) is 4.79 Å². The van der Waals surface area contributed by atoms with Crippen LogP contribution in [0.25, 0.3) is 0 Å². The van der Waals surface area contributed by atoms with E-state index >= 15 is 0 Å². The van der Waals surface area contributed by atoms with E-state index in [1.54, 1.807) is 25.6 Å². The number of aryl methyl sites for hydroxylation is 1. The summed E-state index contributed by atoms with van der Waals surface area (Å²) in [5.41, 5.74) is 3.04. The third-order valence-corrected chi connectivity index (χ3v) is 7.59. The van der Waals surface area contributed by atoms with Crippen LogP contribution in [0.1, 0.15) is 58.6 Å². The minimum Gasteiger partial charge on any atom is -0.493 e. The molecule has 0 saturated carbocycles. The Bertz CT molecular complexity index is 1070. The highest BCUT2D eigenvalue weighted by Gasteiger charge is 2.32. The van der Waals surface area contributed by atoms with Crippen molar-refractivity contribution in [2.24, 2.45) is 0 Å². The molecule has 1 aromatic heterocycles. The number of methoxy groups -OCH3 is 2. The molecule has 33 heavy (non-hydrogen) atoms. The Morgan fingerprint density at radius 1 is 1.00 bits per heavy atom. The Morgan fingerprint density at radius 2 is 1.73 bits per heavy atom. The number of benzene rings is 2. The average molecular weight is 466 g/mol. The summed E-state index contributed by atoms with van der Waals surface area (Å²) in [5, 5.41) is 4.18. The maximum Gasteiger partial charge on any atom is 0.256 e. The van der Waals surface area contributed by atoms with Crippen LogP contribution in [0.5, 0.6) is 11.5 Å². The van der Waals surface area contributed by atoms with Crippen molar-refractivity contribution in [2.45, 2.75) is 38.6 Å². The van der Waals surface area contributed by atoms with Gasteiger partial charge in [0.1, 0.15) is 11.0 Å². The second kappa shape index (κ2) is 10.9. The summed E-state index contributed by atoms with van der Waals surface area (Å²) in [4.78, 5) is 15.8. The number of carbonyl (C=O) groups excluding carboxylic acids is 1. The van der Waals surface area contributed by atoms with E-state index in [1.807, 2.05) is 36.4 Å². The van der Waals surface area contributed by atoms with Gasteiger partial charge in [-0.3, -0.25) is 4.79 Å². The normalized spacial score (nSPS) is 15.1. The second-order valence-electron chi connectivity index (χ2n) is 8.44. The first-order chi connectivity index (χ1) is 16.1. The lowest BCUT2D eigenvalue weighted by molar-refractivity contribution is -0.930. The molecule has 6 heteroatoms. The Balaban J connectivity index is 1.77. The predicted octanol–water partition coefficient (Wildman–Crippen LogP) is 4.74. The number of piperidine rings is 1. The third kappa shape index (κ3) is 5.23.